The Kier molecular flexibility index (Phi) is 4.10. The Bertz CT molecular complexity index is 507. The van der Waals surface area contributed by atoms with Gasteiger partial charge in [0.2, 0.25) is 5.16 Å². The van der Waals surface area contributed by atoms with Crippen LogP contribution in [0.25, 0.3) is 5.69 Å². The van der Waals surface area contributed by atoms with Crippen LogP contribution >= 0.6 is 11.8 Å². The minimum atomic E-state index is 0.771. The van der Waals surface area contributed by atoms with E-state index in [1.807, 2.05) is 35.0 Å². The van der Waals surface area contributed by atoms with Gasteiger partial charge in [-0.15, -0.1) is 5.10 Å². The Hall–Kier alpha value is -1.40. The van der Waals surface area contributed by atoms with Crippen LogP contribution in [0.1, 0.15) is 12.8 Å². The number of rotatable bonds is 4. The molecule has 2 aromatic rings. The quantitative estimate of drug-likeness (QED) is 0.862. The first-order chi connectivity index (χ1) is 9.43. The highest BCUT2D eigenvalue weighted by Gasteiger charge is 2.16. The summed E-state index contributed by atoms with van der Waals surface area (Å²) in [5.74, 6) is 1.86. The zero-order valence-electron chi connectivity index (χ0n) is 10.7. The van der Waals surface area contributed by atoms with Crippen molar-refractivity contribution in [3.63, 3.8) is 0 Å². The predicted octanol–water partition coefficient (Wildman–Crippen LogP) is 1.75. The Balaban J connectivity index is 1.67. The monoisotopic (exact) mass is 275 g/mol. The van der Waals surface area contributed by atoms with Gasteiger partial charge >= 0.3 is 0 Å². The van der Waals surface area contributed by atoms with Crippen molar-refractivity contribution in [2.45, 2.75) is 18.0 Å². The van der Waals surface area contributed by atoms with Crippen LogP contribution < -0.4 is 5.32 Å². The highest BCUT2D eigenvalue weighted by Crippen LogP contribution is 2.24. The van der Waals surface area contributed by atoms with Crippen LogP contribution in [0.2, 0.25) is 0 Å². The zero-order valence-corrected chi connectivity index (χ0v) is 11.5. The average Bonchev–Trinajstić information content (AvgIpc) is 2.95. The van der Waals surface area contributed by atoms with Crippen LogP contribution in [0.5, 0.6) is 0 Å². The second-order valence-corrected chi connectivity index (χ2v) is 5.70. The van der Waals surface area contributed by atoms with Crippen LogP contribution in [-0.4, -0.2) is 39.0 Å². The maximum absolute atomic E-state index is 4.13. The number of aromatic nitrogens is 4. The largest absolute Gasteiger partial charge is 0.317 e. The molecule has 0 aliphatic carbocycles. The van der Waals surface area contributed by atoms with Crippen molar-refractivity contribution in [1.29, 1.82) is 0 Å². The van der Waals surface area contributed by atoms with E-state index in [-0.39, 0.29) is 0 Å². The van der Waals surface area contributed by atoms with E-state index in [0.717, 1.165) is 35.6 Å². The highest BCUT2D eigenvalue weighted by atomic mass is 32.2. The van der Waals surface area contributed by atoms with E-state index in [4.69, 9.17) is 0 Å². The lowest BCUT2D eigenvalue weighted by Gasteiger charge is -2.21. The number of benzene rings is 1. The van der Waals surface area contributed by atoms with Gasteiger partial charge < -0.3 is 5.32 Å². The number of hydrogen-bond donors (Lipinski definition) is 1. The average molecular weight is 275 g/mol. The predicted molar refractivity (Wildman–Crippen MR) is 75.5 cm³/mol. The Labute approximate surface area is 116 Å². The summed E-state index contributed by atoms with van der Waals surface area (Å²) in [6.45, 7) is 2.27. The van der Waals surface area contributed by atoms with E-state index in [9.17, 15) is 0 Å². The third-order valence-electron chi connectivity index (χ3n) is 3.35. The molecule has 1 N–H and O–H groups in total. The lowest BCUT2D eigenvalue weighted by atomic mass is 10.0. The fourth-order valence-corrected chi connectivity index (χ4v) is 3.32. The lowest BCUT2D eigenvalue weighted by Crippen LogP contribution is -2.28. The molecule has 0 radical (unpaired) electrons. The molecule has 0 saturated carbocycles. The standard InChI is InChI=1S/C13H17N5S/c1-2-4-12(5-3-1)18-13(15-16-17-18)19-10-11-6-8-14-9-7-11/h1-5,11,14H,6-10H2. The number of piperidine rings is 1. The summed E-state index contributed by atoms with van der Waals surface area (Å²) in [5, 5.41) is 16.3. The molecule has 0 atom stereocenters. The molecule has 0 amide bonds. The summed E-state index contributed by atoms with van der Waals surface area (Å²) in [6, 6.07) is 10.0. The zero-order chi connectivity index (χ0) is 12.9. The van der Waals surface area contributed by atoms with Gasteiger partial charge in [-0.2, -0.15) is 4.68 Å². The first kappa shape index (κ1) is 12.6. The molecule has 19 heavy (non-hydrogen) atoms. The third kappa shape index (κ3) is 3.13. The summed E-state index contributed by atoms with van der Waals surface area (Å²) in [5.41, 5.74) is 1.01. The van der Waals surface area contributed by atoms with Gasteiger partial charge in [0, 0.05) is 5.75 Å². The SMILES string of the molecule is c1ccc(-n2nnnc2SCC2CCNCC2)cc1. The van der Waals surface area contributed by atoms with E-state index < -0.39 is 0 Å². The number of para-hydroxylation sites is 1. The lowest BCUT2D eigenvalue weighted by molar-refractivity contribution is 0.407. The number of thioether (sulfide) groups is 1. The summed E-state index contributed by atoms with van der Waals surface area (Å²) in [4.78, 5) is 0. The second-order valence-electron chi connectivity index (χ2n) is 4.71. The van der Waals surface area contributed by atoms with Gasteiger partial charge in [0.25, 0.3) is 0 Å². The second kappa shape index (κ2) is 6.16. The number of hydrogen-bond acceptors (Lipinski definition) is 5. The van der Waals surface area contributed by atoms with Crippen molar-refractivity contribution in [1.82, 2.24) is 25.5 Å². The van der Waals surface area contributed by atoms with Gasteiger partial charge in [-0.25, -0.2) is 0 Å². The molecule has 1 aromatic carbocycles. The van der Waals surface area contributed by atoms with Gasteiger partial charge in [0.1, 0.15) is 0 Å². The van der Waals surface area contributed by atoms with Crippen LogP contribution in [-0.2, 0) is 0 Å². The molecule has 2 heterocycles. The van der Waals surface area contributed by atoms with Crippen molar-refractivity contribution in [2.24, 2.45) is 5.92 Å². The summed E-state index contributed by atoms with van der Waals surface area (Å²) in [6.07, 6.45) is 2.50. The summed E-state index contributed by atoms with van der Waals surface area (Å²) < 4.78 is 1.81. The van der Waals surface area contributed by atoms with Gasteiger partial charge in [0.15, 0.2) is 0 Å². The highest BCUT2D eigenvalue weighted by molar-refractivity contribution is 7.99. The maximum Gasteiger partial charge on any atom is 0.214 e. The van der Waals surface area contributed by atoms with Crippen molar-refractivity contribution in [3.8, 4) is 5.69 Å². The van der Waals surface area contributed by atoms with Gasteiger partial charge in [-0.1, -0.05) is 30.0 Å². The number of nitrogens with one attached hydrogen (secondary N) is 1. The molecule has 0 bridgehead atoms. The van der Waals surface area contributed by atoms with E-state index in [1.165, 1.54) is 12.8 Å². The van der Waals surface area contributed by atoms with Crippen LogP contribution in [0, 0.1) is 5.92 Å². The van der Waals surface area contributed by atoms with E-state index in [0.29, 0.717) is 0 Å². The molecular formula is C13H17N5S. The van der Waals surface area contributed by atoms with Gasteiger partial charge in [0.05, 0.1) is 5.69 Å². The minimum absolute atomic E-state index is 0.771. The van der Waals surface area contributed by atoms with Crippen molar-refractivity contribution in [2.75, 3.05) is 18.8 Å². The Morgan fingerprint density at radius 3 is 2.79 bits per heavy atom. The fourth-order valence-electron chi connectivity index (χ4n) is 2.24. The molecule has 0 spiro atoms. The summed E-state index contributed by atoms with van der Waals surface area (Å²) in [7, 11) is 0. The molecule has 1 aliphatic heterocycles. The molecule has 5 nitrogen and oxygen atoms in total. The van der Waals surface area contributed by atoms with Crippen LogP contribution in [0.4, 0.5) is 0 Å². The molecule has 3 rings (SSSR count). The molecule has 1 aliphatic rings. The first-order valence-corrected chi connectivity index (χ1v) is 7.59. The third-order valence-corrected chi connectivity index (χ3v) is 4.50. The minimum Gasteiger partial charge on any atom is -0.317 e. The molecule has 1 fully saturated rings. The first-order valence-electron chi connectivity index (χ1n) is 6.61. The van der Waals surface area contributed by atoms with Gasteiger partial charge in [-0.3, -0.25) is 0 Å². The van der Waals surface area contributed by atoms with E-state index in [2.05, 4.69) is 20.8 Å². The fraction of sp³-hybridized carbons (Fsp3) is 0.462. The Morgan fingerprint density at radius 1 is 1.21 bits per heavy atom. The van der Waals surface area contributed by atoms with Crippen molar-refractivity contribution in [3.05, 3.63) is 30.3 Å². The molecular weight excluding hydrogens is 258 g/mol. The smallest absolute Gasteiger partial charge is 0.214 e. The summed E-state index contributed by atoms with van der Waals surface area (Å²) >= 11 is 1.75. The number of nitrogens with zero attached hydrogens (tertiary/aromatic N) is 4. The van der Waals surface area contributed by atoms with Crippen LogP contribution in [0.3, 0.4) is 0 Å². The van der Waals surface area contributed by atoms with Crippen LogP contribution in [0.15, 0.2) is 35.5 Å². The van der Waals surface area contributed by atoms with E-state index >= 15 is 0 Å². The molecule has 100 valence electrons. The topological polar surface area (TPSA) is 55.6 Å². The molecule has 1 saturated heterocycles. The van der Waals surface area contributed by atoms with Gasteiger partial charge in [-0.05, 0) is 54.4 Å². The molecule has 1 aromatic heterocycles. The van der Waals surface area contributed by atoms with Crippen molar-refractivity contribution < 1.29 is 0 Å². The normalized spacial score (nSPS) is 16.6. The maximum atomic E-state index is 4.13. The molecule has 0 unspecified atom stereocenters. The molecule has 6 heteroatoms. The Morgan fingerprint density at radius 2 is 2.00 bits per heavy atom. The van der Waals surface area contributed by atoms with E-state index in [1.54, 1.807) is 11.8 Å². The van der Waals surface area contributed by atoms with Crippen molar-refractivity contribution >= 4 is 11.8 Å². The number of tetrazole rings is 1.